The number of nitrogens with zero attached hydrogens (tertiary/aromatic N) is 2. The molecule has 7 heteroatoms. The minimum Gasteiger partial charge on any atom is -0.355 e. The molecule has 0 spiro atoms. The summed E-state index contributed by atoms with van der Waals surface area (Å²) in [5.41, 5.74) is 3.17. The Kier molecular flexibility index (Phi) is 6.66. The van der Waals surface area contributed by atoms with Crippen molar-refractivity contribution in [2.24, 2.45) is 0 Å². The van der Waals surface area contributed by atoms with Gasteiger partial charge in [-0.15, -0.1) is 0 Å². The summed E-state index contributed by atoms with van der Waals surface area (Å²) in [6, 6.07) is 21.0. The zero-order valence-corrected chi connectivity index (χ0v) is 18.4. The molecule has 32 heavy (non-hydrogen) atoms. The van der Waals surface area contributed by atoms with E-state index >= 15 is 0 Å². The van der Waals surface area contributed by atoms with E-state index < -0.39 is 0 Å². The van der Waals surface area contributed by atoms with Crippen molar-refractivity contribution in [3.63, 3.8) is 0 Å². The van der Waals surface area contributed by atoms with Crippen LogP contribution in [0.4, 0.5) is 4.39 Å². The highest BCUT2D eigenvalue weighted by atomic mass is 32.2. The van der Waals surface area contributed by atoms with E-state index in [-0.39, 0.29) is 23.0 Å². The highest BCUT2D eigenvalue weighted by Crippen LogP contribution is 2.21. The molecule has 4 rings (SSSR count). The number of benzene rings is 3. The highest BCUT2D eigenvalue weighted by molar-refractivity contribution is 7.99. The molecule has 162 valence electrons. The van der Waals surface area contributed by atoms with Crippen LogP contribution >= 0.6 is 11.8 Å². The van der Waals surface area contributed by atoms with Crippen molar-refractivity contribution in [1.82, 2.24) is 14.9 Å². The third-order valence-electron chi connectivity index (χ3n) is 5.02. The van der Waals surface area contributed by atoms with E-state index in [0.29, 0.717) is 34.7 Å². The van der Waals surface area contributed by atoms with Gasteiger partial charge in [-0.2, -0.15) is 0 Å². The Morgan fingerprint density at radius 2 is 1.75 bits per heavy atom. The first-order chi connectivity index (χ1) is 15.5. The summed E-state index contributed by atoms with van der Waals surface area (Å²) in [6.07, 6.45) is 0.610. The summed E-state index contributed by atoms with van der Waals surface area (Å²) < 4.78 is 14.6. The fourth-order valence-corrected chi connectivity index (χ4v) is 4.15. The molecule has 0 aliphatic rings. The van der Waals surface area contributed by atoms with Crippen LogP contribution in [0, 0.1) is 12.7 Å². The number of amides is 1. The van der Waals surface area contributed by atoms with Crippen molar-refractivity contribution in [3.05, 3.63) is 100 Å². The predicted molar refractivity (Wildman–Crippen MR) is 126 cm³/mol. The SMILES string of the molecule is Cc1ccc(-n2c(SCC(=O)NCCc3ccc(F)cc3)nc3ccccc3c2=O)cc1. The number of carbonyl (C=O) groups is 1. The Morgan fingerprint density at radius 1 is 1.03 bits per heavy atom. The van der Waals surface area contributed by atoms with Gasteiger partial charge in [-0.05, 0) is 55.3 Å². The van der Waals surface area contributed by atoms with Gasteiger partial charge in [0.1, 0.15) is 5.82 Å². The second kappa shape index (κ2) is 9.78. The van der Waals surface area contributed by atoms with Crippen molar-refractivity contribution >= 4 is 28.6 Å². The number of hydrogen-bond donors (Lipinski definition) is 1. The number of para-hydroxylation sites is 1. The van der Waals surface area contributed by atoms with Gasteiger partial charge in [-0.1, -0.05) is 53.7 Å². The molecule has 0 saturated heterocycles. The van der Waals surface area contributed by atoms with Gasteiger partial charge in [0.2, 0.25) is 5.91 Å². The fourth-order valence-electron chi connectivity index (χ4n) is 3.31. The van der Waals surface area contributed by atoms with Crippen molar-refractivity contribution in [2.45, 2.75) is 18.5 Å². The first-order valence-corrected chi connectivity index (χ1v) is 11.2. The number of thioether (sulfide) groups is 1. The molecular weight excluding hydrogens is 425 g/mol. The largest absolute Gasteiger partial charge is 0.355 e. The number of carbonyl (C=O) groups excluding carboxylic acids is 1. The number of fused-ring (bicyclic) bond motifs is 1. The number of halogens is 1. The molecule has 0 atom stereocenters. The summed E-state index contributed by atoms with van der Waals surface area (Å²) >= 11 is 1.22. The quantitative estimate of drug-likeness (QED) is 0.339. The minimum atomic E-state index is -0.281. The lowest BCUT2D eigenvalue weighted by atomic mass is 10.1. The van der Waals surface area contributed by atoms with Gasteiger partial charge in [-0.25, -0.2) is 9.37 Å². The van der Waals surface area contributed by atoms with Crippen LogP contribution in [0.1, 0.15) is 11.1 Å². The lowest BCUT2D eigenvalue weighted by Gasteiger charge is -2.13. The summed E-state index contributed by atoms with van der Waals surface area (Å²) in [5, 5.41) is 3.86. The highest BCUT2D eigenvalue weighted by Gasteiger charge is 2.14. The second-order valence-corrected chi connectivity index (χ2v) is 8.35. The van der Waals surface area contributed by atoms with Crippen molar-refractivity contribution in [1.29, 1.82) is 0 Å². The van der Waals surface area contributed by atoms with E-state index in [1.165, 1.54) is 23.9 Å². The molecule has 1 aromatic heterocycles. The van der Waals surface area contributed by atoms with Crippen molar-refractivity contribution < 1.29 is 9.18 Å². The lowest BCUT2D eigenvalue weighted by molar-refractivity contribution is -0.118. The van der Waals surface area contributed by atoms with E-state index in [9.17, 15) is 14.0 Å². The van der Waals surface area contributed by atoms with Crippen LogP contribution in [0.5, 0.6) is 0 Å². The average molecular weight is 448 g/mol. The van der Waals surface area contributed by atoms with Crippen molar-refractivity contribution in [3.8, 4) is 5.69 Å². The normalized spacial score (nSPS) is 10.9. The van der Waals surface area contributed by atoms with Crippen molar-refractivity contribution in [2.75, 3.05) is 12.3 Å². The molecule has 1 heterocycles. The first-order valence-electron chi connectivity index (χ1n) is 10.2. The predicted octanol–water partition coefficient (Wildman–Crippen LogP) is 4.28. The molecule has 0 bridgehead atoms. The van der Waals surface area contributed by atoms with Gasteiger partial charge in [-0.3, -0.25) is 14.2 Å². The third-order valence-corrected chi connectivity index (χ3v) is 5.96. The van der Waals surface area contributed by atoms with Crippen LogP contribution in [0.2, 0.25) is 0 Å². The maximum atomic E-state index is 13.2. The van der Waals surface area contributed by atoms with Gasteiger partial charge in [0.15, 0.2) is 5.16 Å². The second-order valence-electron chi connectivity index (χ2n) is 7.40. The Labute approximate surface area is 189 Å². The molecule has 1 amide bonds. The first kappa shape index (κ1) is 21.8. The van der Waals surface area contributed by atoms with Crippen LogP contribution in [-0.4, -0.2) is 27.8 Å². The monoisotopic (exact) mass is 447 g/mol. The van der Waals surface area contributed by atoms with Crippen LogP contribution < -0.4 is 10.9 Å². The summed E-state index contributed by atoms with van der Waals surface area (Å²) in [7, 11) is 0. The van der Waals surface area contributed by atoms with Gasteiger partial charge in [0.25, 0.3) is 5.56 Å². The van der Waals surface area contributed by atoms with Gasteiger partial charge < -0.3 is 5.32 Å². The minimum absolute atomic E-state index is 0.125. The summed E-state index contributed by atoms with van der Waals surface area (Å²) in [4.78, 5) is 30.3. The number of aromatic nitrogens is 2. The maximum Gasteiger partial charge on any atom is 0.266 e. The molecule has 0 saturated carbocycles. The smallest absolute Gasteiger partial charge is 0.266 e. The van der Waals surface area contributed by atoms with Gasteiger partial charge in [0.05, 0.1) is 22.3 Å². The molecule has 3 aromatic carbocycles. The molecule has 0 fully saturated rings. The third kappa shape index (κ3) is 5.06. The Bertz CT molecular complexity index is 1300. The summed E-state index contributed by atoms with van der Waals surface area (Å²) in [6.45, 7) is 2.43. The van der Waals surface area contributed by atoms with E-state index in [2.05, 4.69) is 10.3 Å². The molecular formula is C25H22FN3O2S. The van der Waals surface area contributed by atoms with Gasteiger partial charge >= 0.3 is 0 Å². The Balaban J connectivity index is 1.50. The van der Waals surface area contributed by atoms with E-state index in [1.54, 1.807) is 28.8 Å². The molecule has 0 aliphatic heterocycles. The van der Waals surface area contributed by atoms with Gasteiger partial charge in [0, 0.05) is 6.54 Å². The topological polar surface area (TPSA) is 64.0 Å². The number of aryl methyl sites for hydroxylation is 1. The zero-order chi connectivity index (χ0) is 22.5. The van der Waals surface area contributed by atoms with E-state index in [4.69, 9.17) is 0 Å². The molecule has 1 N–H and O–H groups in total. The molecule has 0 radical (unpaired) electrons. The molecule has 0 aliphatic carbocycles. The van der Waals surface area contributed by atoms with Crippen LogP contribution in [0.15, 0.2) is 82.7 Å². The van der Waals surface area contributed by atoms with Crippen LogP contribution in [0.25, 0.3) is 16.6 Å². The molecule has 5 nitrogen and oxygen atoms in total. The Hall–Kier alpha value is -3.45. The molecule has 0 unspecified atom stereocenters. The number of nitrogens with one attached hydrogen (secondary N) is 1. The lowest BCUT2D eigenvalue weighted by Crippen LogP contribution is -2.28. The van der Waals surface area contributed by atoms with Crippen LogP contribution in [-0.2, 0) is 11.2 Å². The Morgan fingerprint density at radius 3 is 2.50 bits per heavy atom. The standard InChI is InChI=1S/C25H22FN3O2S/c1-17-6-12-20(13-7-17)29-24(31)21-4-2-3-5-22(21)28-25(29)32-16-23(30)27-15-14-18-8-10-19(26)11-9-18/h2-13H,14-16H2,1H3,(H,27,30). The maximum absolute atomic E-state index is 13.2. The summed E-state index contributed by atoms with van der Waals surface area (Å²) in [5.74, 6) is -0.313. The number of rotatable bonds is 7. The fraction of sp³-hybridized carbons (Fsp3) is 0.160. The zero-order valence-electron chi connectivity index (χ0n) is 17.5. The molecule has 4 aromatic rings. The van der Waals surface area contributed by atoms with E-state index in [0.717, 1.165) is 11.1 Å². The van der Waals surface area contributed by atoms with E-state index in [1.807, 2.05) is 43.3 Å². The number of hydrogen-bond acceptors (Lipinski definition) is 4. The average Bonchev–Trinajstić information content (AvgIpc) is 2.80. The van der Waals surface area contributed by atoms with Crippen LogP contribution in [0.3, 0.4) is 0 Å².